The van der Waals surface area contributed by atoms with Crippen LogP contribution in [0.5, 0.6) is 0 Å². The van der Waals surface area contributed by atoms with E-state index in [0.29, 0.717) is 16.9 Å². The van der Waals surface area contributed by atoms with Gasteiger partial charge in [0.25, 0.3) is 11.8 Å². The third kappa shape index (κ3) is 9.46. The van der Waals surface area contributed by atoms with Gasteiger partial charge in [0.2, 0.25) is 5.91 Å². The second-order valence-electron chi connectivity index (χ2n) is 11.1. The van der Waals surface area contributed by atoms with Gasteiger partial charge in [0.05, 0.1) is 5.56 Å². The molecule has 9 nitrogen and oxygen atoms in total. The molecule has 246 valence electrons. The molecule has 4 N–H and O–H groups in total. The van der Waals surface area contributed by atoms with E-state index < -0.39 is 23.0 Å². The van der Waals surface area contributed by atoms with Crippen LogP contribution in [0, 0.1) is 0 Å². The Morgan fingerprint density at radius 1 is 0.694 bits per heavy atom. The van der Waals surface area contributed by atoms with Crippen molar-refractivity contribution in [3.8, 4) is 0 Å². The van der Waals surface area contributed by atoms with E-state index >= 15 is 0 Å². The lowest BCUT2D eigenvalue weighted by Crippen LogP contribution is -2.30. The summed E-state index contributed by atoms with van der Waals surface area (Å²) in [5, 5.41) is 17.1. The Labute approximate surface area is 288 Å². The summed E-state index contributed by atoms with van der Waals surface area (Å²) in [4.78, 5) is 54.2. The highest BCUT2D eigenvalue weighted by molar-refractivity contribution is 8.00. The first-order valence-corrected chi connectivity index (χ1v) is 16.2. The number of rotatable bonds is 12. The fourth-order valence-electron chi connectivity index (χ4n) is 4.77. The standard InChI is InChI=1S/C39H34N4O5S/c1-43(2)32-20-16-26(17-21-32)24-34(42-36(44)28-12-7-4-8-13-28)37(45)40-30-18-22-33(23-19-30)49-35(27-10-5-3-6-11-27)38(46)41-31-15-9-14-29(25-31)39(47)48/h3-25,35H,1-2H3,(H,40,45)(H,41,46)(H,42,44)(H,47,48)/b34-24-. The summed E-state index contributed by atoms with van der Waals surface area (Å²) in [6.45, 7) is 0. The van der Waals surface area contributed by atoms with Crippen molar-refractivity contribution in [1.82, 2.24) is 5.32 Å². The first-order valence-electron chi connectivity index (χ1n) is 15.3. The molecule has 0 spiro atoms. The van der Waals surface area contributed by atoms with Crippen LogP contribution in [0.2, 0.25) is 0 Å². The molecule has 0 saturated heterocycles. The summed E-state index contributed by atoms with van der Waals surface area (Å²) >= 11 is 1.31. The first-order chi connectivity index (χ1) is 23.7. The second kappa shape index (κ2) is 16.1. The maximum atomic E-state index is 13.5. The predicted octanol–water partition coefficient (Wildman–Crippen LogP) is 7.33. The summed E-state index contributed by atoms with van der Waals surface area (Å²) in [5.41, 5.74) is 3.91. The molecule has 5 aromatic rings. The largest absolute Gasteiger partial charge is 0.478 e. The monoisotopic (exact) mass is 670 g/mol. The quantitative estimate of drug-likeness (QED) is 0.0809. The van der Waals surface area contributed by atoms with Crippen molar-refractivity contribution in [2.24, 2.45) is 0 Å². The Balaban J connectivity index is 1.33. The van der Waals surface area contributed by atoms with E-state index in [9.17, 15) is 24.3 Å². The minimum Gasteiger partial charge on any atom is -0.478 e. The molecule has 3 amide bonds. The van der Waals surface area contributed by atoms with Gasteiger partial charge >= 0.3 is 5.97 Å². The highest BCUT2D eigenvalue weighted by Gasteiger charge is 2.23. The maximum absolute atomic E-state index is 13.5. The molecule has 0 fully saturated rings. The number of amides is 3. The summed E-state index contributed by atoms with van der Waals surface area (Å²) in [5.74, 6) is -2.33. The van der Waals surface area contributed by atoms with Crippen molar-refractivity contribution in [3.05, 3.63) is 161 Å². The highest BCUT2D eigenvalue weighted by atomic mass is 32.2. The lowest BCUT2D eigenvalue weighted by Gasteiger charge is -2.18. The van der Waals surface area contributed by atoms with Crippen molar-refractivity contribution in [3.63, 3.8) is 0 Å². The molecular weight excluding hydrogens is 637 g/mol. The van der Waals surface area contributed by atoms with Gasteiger partial charge in [0.1, 0.15) is 10.9 Å². The molecule has 10 heteroatoms. The molecular formula is C39H34N4O5S. The third-order valence-electron chi connectivity index (χ3n) is 7.33. The number of carboxylic acid groups (broad SMARTS) is 1. The zero-order chi connectivity index (χ0) is 34.8. The summed E-state index contributed by atoms with van der Waals surface area (Å²) in [6, 6.07) is 38.6. The number of carboxylic acids is 1. The topological polar surface area (TPSA) is 128 Å². The number of hydrogen-bond acceptors (Lipinski definition) is 6. The Bertz CT molecular complexity index is 1960. The molecule has 0 saturated carbocycles. The number of carbonyl (C=O) groups is 4. The Hall–Kier alpha value is -6.13. The number of aromatic carboxylic acids is 1. The van der Waals surface area contributed by atoms with E-state index in [1.54, 1.807) is 66.7 Å². The van der Waals surface area contributed by atoms with Crippen LogP contribution in [-0.4, -0.2) is 42.9 Å². The molecule has 1 unspecified atom stereocenters. The van der Waals surface area contributed by atoms with Gasteiger partial charge in [-0.2, -0.15) is 0 Å². The zero-order valence-electron chi connectivity index (χ0n) is 26.8. The van der Waals surface area contributed by atoms with Gasteiger partial charge in [-0.3, -0.25) is 14.4 Å². The molecule has 0 radical (unpaired) electrons. The molecule has 0 heterocycles. The van der Waals surface area contributed by atoms with E-state index in [2.05, 4.69) is 16.0 Å². The van der Waals surface area contributed by atoms with E-state index in [1.165, 1.54) is 23.9 Å². The summed E-state index contributed by atoms with van der Waals surface area (Å²) < 4.78 is 0. The molecule has 0 aliphatic heterocycles. The van der Waals surface area contributed by atoms with Gasteiger partial charge in [0, 0.05) is 41.6 Å². The van der Waals surface area contributed by atoms with E-state index in [0.717, 1.165) is 21.7 Å². The normalized spacial score (nSPS) is 11.6. The van der Waals surface area contributed by atoms with Crippen LogP contribution < -0.4 is 20.9 Å². The average Bonchev–Trinajstić information content (AvgIpc) is 3.12. The molecule has 5 aromatic carbocycles. The number of thioether (sulfide) groups is 1. The predicted molar refractivity (Wildman–Crippen MR) is 195 cm³/mol. The van der Waals surface area contributed by atoms with Gasteiger partial charge < -0.3 is 26.0 Å². The van der Waals surface area contributed by atoms with E-state index in [-0.39, 0.29) is 17.2 Å². The lowest BCUT2D eigenvalue weighted by molar-refractivity contribution is -0.116. The average molecular weight is 671 g/mol. The Kier molecular flexibility index (Phi) is 11.3. The second-order valence-corrected chi connectivity index (χ2v) is 12.3. The Morgan fingerprint density at radius 3 is 1.96 bits per heavy atom. The van der Waals surface area contributed by atoms with Crippen molar-refractivity contribution in [2.45, 2.75) is 10.1 Å². The van der Waals surface area contributed by atoms with Crippen LogP contribution in [0.25, 0.3) is 6.08 Å². The minimum atomic E-state index is -1.09. The van der Waals surface area contributed by atoms with Crippen LogP contribution in [0.15, 0.2) is 144 Å². The fourth-order valence-corrected chi connectivity index (χ4v) is 5.79. The van der Waals surface area contributed by atoms with Crippen molar-refractivity contribution in [1.29, 1.82) is 0 Å². The number of nitrogens with zero attached hydrogens (tertiary/aromatic N) is 1. The van der Waals surface area contributed by atoms with Crippen molar-refractivity contribution in [2.75, 3.05) is 29.6 Å². The maximum Gasteiger partial charge on any atom is 0.335 e. The van der Waals surface area contributed by atoms with Crippen molar-refractivity contribution < 1.29 is 24.3 Å². The molecule has 0 aliphatic carbocycles. The molecule has 1 atom stereocenters. The smallest absolute Gasteiger partial charge is 0.335 e. The first kappa shape index (κ1) is 34.2. The van der Waals surface area contributed by atoms with Crippen LogP contribution in [-0.2, 0) is 9.59 Å². The van der Waals surface area contributed by atoms with Gasteiger partial charge in [-0.05, 0) is 83.9 Å². The van der Waals surface area contributed by atoms with Crippen LogP contribution in [0.3, 0.4) is 0 Å². The fraction of sp³-hybridized carbons (Fsp3) is 0.0769. The van der Waals surface area contributed by atoms with Gasteiger partial charge in [0.15, 0.2) is 0 Å². The van der Waals surface area contributed by atoms with E-state index in [1.807, 2.05) is 79.7 Å². The van der Waals surface area contributed by atoms with Crippen LogP contribution in [0.4, 0.5) is 17.1 Å². The van der Waals surface area contributed by atoms with Crippen LogP contribution >= 0.6 is 11.8 Å². The molecule has 0 aliphatic rings. The summed E-state index contributed by atoms with van der Waals surface area (Å²) in [7, 11) is 3.88. The molecule has 49 heavy (non-hydrogen) atoms. The number of nitrogens with one attached hydrogen (secondary N) is 3. The van der Waals surface area contributed by atoms with Crippen LogP contribution in [0.1, 0.15) is 37.1 Å². The number of hydrogen-bond donors (Lipinski definition) is 4. The third-order valence-corrected chi connectivity index (χ3v) is 8.60. The SMILES string of the molecule is CN(C)c1ccc(/C=C(\NC(=O)c2ccccc2)C(=O)Nc2ccc(SC(C(=O)Nc3cccc(C(=O)O)c3)c3ccccc3)cc2)cc1. The van der Waals surface area contributed by atoms with Gasteiger partial charge in [-0.25, -0.2) is 4.79 Å². The van der Waals surface area contributed by atoms with Gasteiger partial charge in [-0.15, -0.1) is 11.8 Å². The lowest BCUT2D eigenvalue weighted by atomic mass is 10.1. The highest BCUT2D eigenvalue weighted by Crippen LogP contribution is 2.37. The number of benzene rings is 5. The zero-order valence-corrected chi connectivity index (χ0v) is 27.6. The molecule has 0 aromatic heterocycles. The minimum absolute atomic E-state index is 0.0673. The number of carbonyl (C=O) groups excluding carboxylic acids is 3. The Morgan fingerprint density at radius 2 is 1.33 bits per heavy atom. The number of anilines is 3. The van der Waals surface area contributed by atoms with E-state index in [4.69, 9.17) is 0 Å². The summed E-state index contributed by atoms with van der Waals surface area (Å²) in [6.07, 6.45) is 1.62. The molecule has 0 bridgehead atoms. The molecule has 5 rings (SSSR count). The van der Waals surface area contributed by atoms with Crippen molar-refractivity contribution >= 4 is 58.6 Å². The van der Waals surface area contributed by atoms with Gasteiger partial charge in [-0.1, -0.05) is 66.7 Å².